The van der Waals surface area contributed by atoms with Crippen LogP contribution in [0.15, 0.2) is 24.7 Å². The van der Waals surface area contributed by atoms with Gasteiger partial charge in [-0.1, -0.05) is 0 Å². The van der Waals surface area contributed by atoms with Gasteiger partial charge in [-0.15, -0.1) is 0 Å². The van der Waals surface area contributed by atoms with Crippen molar-refractivity contribution in [3.05, 3.63) is 24.7 Å². The van der Waals surface area contributed by atoms with Crippen LogP contribution in [0, 0.1) is 0 Å². The molecule has 1 saturated heterocycles. The van der Waals surface area contributed by atoms with Crippen molar-refractivity contribution in [2.24, 2.45) is 0 Å². The number of benzene rings is 1. The minimum atomic E-state index is 0.252. The molecule has 23 heavy (non-hydrogen) atoms. The third-order valence-corrected chi connectivity index (χ3v) is 4.35. The lowest BCUT2D eigenvalue weighted by Gasteiger charge is -2.22. The average molecular weight is 317 g/mol. The van der Waals surface area contributed by atoms with E-state index in [0.29, 0.717) is 12.6 Å². The minimum Gasteiger partial charge on any atom is -0.496 e. The summed E-state index contributed by atoms with van der Waals surface area (Å²) in [5.41, 5.74) is 0.814. The summed E-state index contributed by atoms with van der Waals surface area (Å²) in [4.78, 5) is 10.6. The van der Waals surface area contributed by atoms with E-state index in [1.807, 2.05) is 12.1 Å². The number of methoxy groups -OCH3 is 1. The van der Waals surface area contributed by atoms with E-state index < -0.39 is 0 Å². The first-order chi connectivity index (χ1) is 11.3. The molecule has 1 aliphatic heterocycles. The maximum atomic E-state index is 9.33. The van der Waals surface area contributed by atoms with E-state index in [1.54, 1.807) is 13.3 Å². The van der Waals surface area contributed by atoms with Gasteiger partial charge in [0, 0.05) is 30.9 Å². The maximum Gasteiger partial charge on any atom is 0.133 e. The second-order valence-electron chi connectivity index (χ2n) is 5.80. The maximum absolute atomic E-state index is 9.33. The van der Waals surface area contributed by atoms with E-state index in [1.165, 1.54) is 12.7 Å². The van der Waals surface area contributed by atoms with Crippen molar-refractivity contribution < 1.29 is 14.6 Å². The molecule has 3 rings (SSSR count). The van der Waals surface area contributed by atoms with E-state index in [4.69, 9.17) is 9.47 Å². The van der Waals surface area contributed by atoms with Crippen LogP contribution in [0.2, 0.25) is 0 Å². The second kappa shape index (κ2) is 7.57. The summed E-state index contributed by atoms with van der Waals surface area (Å²) < 4.78 is 11.2. The zero-order chi connectivity index (χ0) is 16.1. The van der Waals surface area contributed by atoms with E-state index >= 15 is 0 Å². The van der Waals surface area contributed by atoms with Gasteiger partial charge in [-0.25, -0.2) is 9.97 Å². The highest BCUT2D eigenvalue weighted by Crippen LogP contribution is 2.29. The third kappa shape index (κ3) is 3.71. The first-order valence-corrected chi connectivity index (χ1v) is 8.07. The number of hydrogen-bond acceptors (Lipinski definition) is 6. The normalized spacial score (nSPS) is 18.4. The fraction of sp³-hybridized carbons (Fsp3) is 0.529. The van der Waals surface area contributed by atoms with Gasteiger partial charge in [-0.3, -0.25) is 4.90 Å². The van der Waals surface area contributed by atoms with Crippen LogP contribution in [-0.4, -0.2) is 59.4 Å². The molecule has 1 aromatic carbocycles. The molecule has 0 bridgehead atoms. The number of aromatic nitrogens is 2. The Bertz CT molecular complexity index is 650. The molecule has 0 radical (unpaired) electrons. The topological polar surface area (TPSA) is 67.7 Å². The van der Waals surface area contributed by atoms with Crippen LogP contribution < -0.4 is 9.47 Å². The van der Waals surface area contributed by atoms with Gasteiger partial charge in [0.2, 0.25) is 0 Å². The molecule has 6 nitrogen and oxygen atoms in total. The molecular weight excluding hydrogens is 294 g/mol. The van der Waals surface area contributed by atoms with Gasteiger partial charge in [0.15, 0.2) is 0 Å². The quantitative estimate of drug-likeness (QED) is 0.786. The molecule has 0 aliphatic carbocycles. The van der Waals surface area contributed by atoms with E-state index in [2.05, 4.69) is 14.9 Å². The Morgan fingerprint density at radius 3 is 3.13 bits per heavy atom. The molecule has 1 aliphatic rings. The number of rotatable bonds is 7. The second-order valence-corrected chi connectivity index (χ2v) is 5.80. The van der Waals surface area contributed by atoms with Gasteiger partial charge < -0.3 is 14.6 Å². The van der Waals surface area contributed by atoms with Gasteiger partial charge in [0.25, 0.3) is 0 Å². The number of likely N-dealkylation sites (tertiary alicyclic amines) is 1. The summed E-state index contributed by atoms with van der Waals surface area (Å²) >= 11 is 0. The van der Waals surface area contributed by atoms with Crippen molar-refractivity contribution in [1.82, 2.24) is 14.9 Å². The SMILES string of the molecule is COc1cc(OCCCN2CCC[C@@H]2CO)cc2ncncc12. The number of fused-ring (bicyclic) bond motifs is 1. The highest BCUT2D eigenvalue weighted by atomic mass is 16.5. The summed E-state index contributed by atoms with van der Waals surface area (Å²) in [6.07, 6.45) is 6.47. The van der Waals surface area contributed by atoms with Crippen molar-refractivity contribution in [2.75, 3.05) is 33.4 Å². The fourth-order valence-corrected chi connectivity index (χ4v) is 3.13. The Balaban J connectivity index is 1.57. The Morgan fingerprint density at radius 2 is 2.30 bits per heavy atom. The highest BCUT2D eigenvalue weighted by Gasteiger charge is 2.22. The number of aliphatic hydroxyl groups is 1. The van der Waals surface area contributed by atoms with Gasteiger partial charge >= 0.3 is 0 Å². The first kappa shape index (κ1) is 16.0. The van der Waals surface area contributed by atoms with Crippen molar-refractivity contribution >= 4 is 10.9 Å². The number of aliphatic hydroxyl groups excluding tert-OH is 1. The summed E-state index contributed by atoms with van der Waals surface area (Å²) in [6.45, 7) is 2.92. The van der Waals surface area contributed by atoms with Crippen molar-refractivity contribution in [2.45, 2.75) is 25.3 Å². The average Bonchev–Trinajstić information content (AvgIpc) is 3.05. The molecule has 1 N–H and O–H groups in total. The monoisotopic (exact) mass is 317 g/mol. The van der Waals surface area contributed by atoms with Crippen LogP contribution in [0.5, 0.6) is 11.5 Å². The predicted molar refractivity (Wildman–Crippen MR) is 87.9 cm³/mol. The molecule has 2 heterocycles. The molecule has 0 spiro atoms. The van der Waals surface area contributed by atoms with Crippen molar-refractivity contribution in [3.8, 4) is 11.5 Å². The summed E-state index contributed by atoms with van der Waals surface area (Å²) in [5, 5.41) is 10.2. The van der Waals surface area contributed by atoms with Crippen LogP contribution in [-0.2, 0) is 0 Å². The molecule has 6 heteroatoms. The Kier molecular flexibility index (Phi) is 5.25. The minimum absolute atomic E-state index is 0.252. The van der Waals surface area contributed by atoms with E-state index in [9.17, 15) is 5.11 Å². The first-order valence-electron chi connectivity index (χ1n) is 8.07. The van der Waals surface area contributed by atoms with Crippen LogP contribution in [0.25, 0.3) is 10.9 Å². The third-order valence-electron chi connectivity index (χ3n) is 4.35. The summed E-state index contributed by atoms with van der Waals surface area (Å²) in [6, 6.07) is 4.11. The molecule has 1 atom stereocenters. The van der Waals surface area contributed by atoms with Crippen LogP contribution >= 0.6 is 0 Å². The van der Waals surface area contributed by atoms with E-state index in [-0.39, 0.29) is 6.61 Å². The molecule has 124 valence electrons. The molecule has 0 saturated carbocycles. The number of ether oxygens (including phenoxy) is 2. The largest absolute Gasteiger partial charge is 0.496 e. The summed E-state index contributed by atoms with van der Waals surface area (Å²) in [5.74, 6) is 1.48. The highest BCUT2D eigenvalue weighted by molar-refractivity contribution is 5.85. The zero-order valence-electron chi connectivity index (χ0n) is 13.4. The standard InChI is InChI=1S/C17H23N3O3/c1-22-17-9-14(8-16-15(17)10-18-12-19-16)23-7-3-6-20-5-2-4-13(20)11-21/h8-10,12-13,21H,2-7,11H2,1H3/t13-/m1/s1. The Labute approximate surface area is 136 Å². The molecular formula is C17H23N3O3. The van der Waals surface area contributed by atoms with Crippen LogP contribution in [0.1, 0.15) is 19.3 Å². The molecule has 2 aromatic rings. The Morgan fingerprint density at radius 1 is 1.39 bits per heavy atom. The lowest BCUT2D eigenvalue weighted by atomic mass is 10.2. The lowest BCUT2D eigenvalue weighted by molar-refractivity contribution is 0.150. The van der Waals surface area contributed by atoms with Gasteiger partial charge in [0.1, 0.15) is 17.8 Å². The number of hydrogen-bond donors (Lipinski definition) is 1. The van der Waals surface area contributed by atoms with Crippen molar-refractivity contribution in [3.63, 3.8) is 0 Å². The Hall–Kier alpha value is -1.92. The fourth-order valence-electron chi connectivity index (χ4n) is 3.13. The predicted octanol–water partition coefficient (Wildman–Crippen LogP) is 1.86. The molecule has 1 aromatic heterocycles. The van der Waals surface area contributed by atoms with E-state index in [0.717, 1.165) is 48.3 Å². The molecule has 1 fully saturated rings. The lowest BCUT2D eigenvalue weighted by Crippen LogP contribution is -2.33. The van der Waals surface area contributed by atoms with Gasteiger partial charge in [-0.2, -0.15) is 0 Å². The van der Waals surface area contributed by atoms with Crippen LogP contribution in [0.3, 0.4) is 0 Å². The van der Waals surface area contributed by atoms with Gasteiger partial charge in [-0.05, 0) is 25.8 Å². The van der Waals surface area contributed by atoms with Crippen LogP contribution in [0.4, 0.5) is 0 Å². The van der Waals surface area contributed by atoms with Gasteiger partial charge in [0.05, 0.1) is 31.2 Å². The van der Waals surface area contributed by atoms with Crippen molar-refractivity contribution in [1.29, 1.82) is 0 Å². The summed E-state index contributed by atoms with van der Waals surface area (Å²) in [7, 11) is 1.63. The molecule has 0 unspecified atom stereocenters. The molecule has 0 amide bonds. The zero-order valence-corrected chi connectivity index (χ0v) is 13.4. The smallest absolute Gasteiger partial charge is 0.133 e. The number of nitrogens with zero attached hydrogens (tertiary/aromatic N) is 3.